The number of anilines is 1. The number of non-ortho nitro benzene ring substituents is 1. The number of hydrogen-bond donors (Lipinski definition) is 1. The van der Waals surface area contributed by atoms with Gasteiger partial charge in [0.05, 0.1) is 23.6 Å². The molecule has 2 heterocycles. The number of nitro benzene ring substituents is 1. The number of rotatable bonds is 9. The zero-order chi connectivity index (χ0) is 34.0. The quantitative estimate of drug-likeness (QED) is 0.157. The maximum atomic E-state index is 15.0. The number of benzene rings is 3. The van der Waals surface area contributed by atoms with E-state index in [1.807, 2.05) is 19.1 Å². The summed E-state index contributed by atoms with van der Waals surface area (Å²) >= 11 is 0. The third kappa shape index (κ3) is 7.28. The Morgan fingerprint density at radius 1 is 0.915 bits per heavy atom. The van der Waals surface area contributed by atoms with Crippen molar-refractivity contribution in [1.29, 1.82) is 0 Å². The molecule has 0 saturated carbocycles. The third-order valence-electron chi connectivity index (χ3n) is 8.46. The van der Waals surface area contributed by atoms with E-state index in [1.165, 1.54) is 19.1 Å². The van der Waals surface area contributed by atoms with Crippen molar-refractivity contribution in [2.75, 3.05) is 31.1 Å². The average molecular weight is 655 g/mol. The van der Waals surface area contributed by atoms with Crippen LogP contribution in [0, 0.1) is 29.8 Å². The van der Waals surface area contributed by atoms with Crippen LogP contribution >= 0.6 is 0 Å². The Labute approximate surface area is 267 Å². The Hall–Kier alpha value is -4.82. The molecule has 1 saturated heterocycles. The fourth-order valence-electron chi connectivity index (χ4n) is 6.00. The first-order valence-corrected chi connectivity index (χ1v) is 15.0. The van der Waals surface area contributed by atoms with Crippen LogP contribution in [0.3, 0.4) is 0 Å². The summed E-state index contributed by atoms with van der Waals surface area (Å²) in [6.45, 7) is 4.29. The Morgan fingerprint density at radius 3 is 2.26 bits per heavy atom. The molecule has 1 aliphatic rings. The number of nitrogens with zero attached hydrogens (tertiary/aromatic N) is 5. The van der Waals surface area contributed by atoms with Gasteiger partial charge in [0.15, 0.2) is 0 Å². The van der Waals surface area contributed by atoms with Gasteiger partial charge < -0.3 is 10.6 Å². The van der Waals surface area contributed by atoms with Gasteiger partial charge in [0.2, 0.25) is 0 Å². The fourth-order valence-corrected chi connectivity index (χ4v) is 6.00. The summed E-state index contributed by atoms with van der Waals surface area (Å²) in [5.74, 6) is -1.13. The summed E-state index contributed by atoms with van der Waals surface area (Å²) < 4.78 is 58.6. The van der Waals surface area contributed by atoms with Crippen molar-refractivity contribution in [2.24, 2.45) is 5.73 Å². The molecule has 0 amide bonds. The molecule has 2 N–H and O–H groups in total. The molecule has 3 aromatic carbocycles. The molecular formula is C33H34F4N6O4. The molecule has 5 rings (SSSR count). The molecule has 1 fully saturated rings. The van der Waals surface area contributed by atoms with Crippen LogP contribution in [0.15, 0.2) is 76.3 Å². The van der Waals surface area contributed by atoms with E-state index in [9.17, 15) is 37.3 Å². The highest BCUT2D eigenvalue weighted by Gasteiger charge is 2.35. The first-order valence-electron chi connectivity index (χ1n) is 15.0. The molecule has 0 aliphatic carbocycles. The second-order valence-electron chi connectivity index (χ2n) is 11.7. The van der Waals surface area contributed by atoms with Gasteiger partial charge in [0.1, 0.15) is 11.5 Å². The van der Waals surface area contributed by atoms with Crippen LogP contribution in [-0.4, -0.2) is 45.1 Å². The summed E-state index contributed by atoms with van der Waals surface area (Å²) in [7, 11) is 0. The minimum absolute atomic E-state index is 0.0213. The van der Waals surface area contributed by atoms with E-state index >= 15 is 0 Å². The van der Waals surface area contributed by atoms with E-state index in [1.54, 1.807) is 29.2 Å². The minimum Gasteiger partial charge on any atom is -0.363 e. The Morgan fingerprint density at radius 2 is 1.60 bits per heavy atom. The molecule has 1 atom stereocenters. The van der Waals surface area contributed by atoms with Crippen LogP contribution in [0.2, 0.25) is 0 Å². The topological polar surface area (TPSA) is 120 Å². The van der Waals surface area contributed by atoms with Gasteiger partial charge in [-0.1, -0.05) is 48.0 Å². The van der Waals surface area contributed by atoms with Gasteiger partial charge >= 0.3 is 11.9 Å². The first kappa shape index (κ1) is 33.5. The maximum absolute atomic E-state index is 15.0. The number of piperazine rings is 1. The van der Waals surface area contributed by atoms with Crippen LogP contribution in [0.4, 0.5) is 28.9 Å². The second kappa shape index (κ2) is 13.5. The molecule has 1 unspecified atom stereocenters. The van der Waals surface area contributed by atoms with Crippen molar-refractivity contribution in [3.05, 3.63) is 137 Å². The minimum atomic E-state index is -4.88. The predicted molar refractivity (Wildman–Crippen MR) is 169 cm³/mol. The molecule has 0 radical (unpaired) electrons. The average Bonchev–Trinajstić information content (AvgIpc) is 3.02. The number of halogens is 4. The number of hydrogen-bond acceptors (Lipinski definition) is 7. The van der Waals surface area contributed by atoms with Crippen molar-refractivity contribution in [3.63, 3.8) is 0 Å². The van der Waals surface area contributed by atoms with Gasteiger partial charge in [-0.25, -0.2) is 9.18 Å². The van der Waals surface area contributed by atoms with E-state index in [0.717, 1.165) is 38.5 Å². The molecule has 0 spiro atoms. The third-order valence-corrected chi connectivity index (χ3v) is 8.46. The van der Waals surface area contributed by atoms with E-state index in [4.69, 9.17) is 5.73 Å². The highest BCUT2D eigenvalue weighted by Crippen LogP contribution is 2.33. The van der Waals surface area contributed by atoms with Gasteiger partial charge in [0.25, 0.3) is 11.2 Å². The Kier molecular flexibility index (Phi) is 9.63. The molecule has 0 bridgehead atoms. The van der Waals surface area contributed by atoms with E-state index in [2.05, 4.69) is 4.90 Å². The molecule has 1 aromatic heterocycles. The largest absolute Gasteiger partial charge is 0.416 e. The van der Waals surface area contributed by atoms with Crippen molar-refractivity contribution in [2.45, 2.75) is 45.7 Å². The molecule has 1 aliphatic heterocycles. The van der Waals surface area contributed by atoms with Crippen LogP contribution in [0.25, 0.3) is 0 Å². The smallest absolute Gasteiger partial charge is 0.363 e. The SMILES string of the molecule is Cc1cccc(C(N)Cn2c(=O)c(N3CCN(Cc4cccc([N+](=O)[O-])c4)CC3)c(C)n(Cc3c(F)cccc3C(F)(F)F)c2=O)c1. The fraction of sp³-hybridized carbons (Fsp3) is 0.333. The van der Waals surface area contributed by atoms with Crippen molar-refractivity contribution < 1.29 is 22.5 Å². The van der Waals surface area contributed by atoms with Crippen LogP contribution in [-0.2, 0) is 25.8 Å². The Balaban J connectivity index is 1.52. The maximum Gasteiger partial charge on any atom is 0.416 e. The normalized spacial score (nSPS) is 14.7. The molecular weight excluding hydrogens is 620 g/mol. The molecule has 47 heavy (non-hydrogen) atoms. The number of aromatic nitrogens is 2. The van der Waals surface area contributed by atoms with E-state index in [-0.39, 0.29) is 23.6 Å². The zero-order valence-corrected chi connectivity index (χ0v) is 25.8. The summed E-state index contributed by atoms with van der Waals surface area (Å²) in [5.41, 5.74) is 5.48. The van der Waals surface area contributed by atoms with Gasteiger partial charge in [-0.05, 0) is 37.1 Å². The molecule has 4 aromatic rings. The van der Waals surface area contributed by atoms with Crippen molar-refractivity contribution in [1.82, 2.24) is 14.0 Å². The number of aryl methyl sites for hydroxylation is 1. The summed E-state index contributed by atoms with van der Waals surface area (Å²) in [6.07, 6.45) is -4.88. The highest BCUT2D eigenvalue weighted by molar-refractivity contribution is 5.50. The summed E-state index contributed by atoms with van der Waals surface area (Å²) in [4.78, 5) is 42.5. The van der Waals surface area contributed by atoms with Crippen LogP contribution in [0.5, 0.6) is 0 Å². The summed E-state index contributed by atoms with van der Waals surface area (Å²) in [6, 6.07) is 15.3. The second-order valence-corrected chi connectivity index (χ2v) is 11.7. The zero-order valence-electron chi connectivity index (χ0n) is 25.8. The van der Waals surface area contributed by atoms with Gasteiger partial charge in [-0.15, -0.1) is 0 Å². The Bertz CT molecular complexity index is 1910. The molecule has 10 nitrogen and oxygen atoms in total. The van der Waals surface area contributed by atoms with E-state index < -0.39 is 51.9 Å². The lowest BCUT2D eigenvalue weighted by molar-refractivity contribution is -0.384. The molecule has 14 heteroatoms. The van der Waals surface area contributed by atoms with E-state index in [0.29, 0.717) is 38.3 Å². The lowest BCUT2D eigenvalue weighted by Gasteiger charge is -2.37. The standard InChI is InChI=1S/C33H34F4N6O4/c1-21-6-3-8-24(16-21)29(38)20-42-31(44)30(40-14-12-39(13-15-40)18-23-7-4-9-25(17-23)43(46)47)22(2)41(32(42)45)19-26-27(33(35,36)37)10-5-11-28(26)34/h3-11,16-17,29H,12-15,18-20,38H2,1-2H3. The van der Waals surface area contributed by atoms with Gasteiger partial charge in [-0.2, -0.15) is 13.2 Å². The number of alkyl halides is 3. The highest BCUT2D eigenvalue weighted by atomic mass is 19.4. The predicted octanol–water partition coefficient (Wildman–Crippen LogP) is 4.76. The van der Waals surface area contributed by atoms with Gasteiger partial charge in [0, 0.05) is 62.2 Å². The lowest BCUT2D eigenvalue weighted by Crippen LogP contribution is -2.51. The number of nitrogens with two attached hydrogens (primary N) is 1. The van der Waals surface area contributed by atoms with Crippen LogP contribution in [0.1, 0.15) is 39.6 Å². The lowest BCUT2D eigenvalue weighted by atomic mass is 10.0. The van der Waals surface area contributed by atoms with Crippen molar-refractivity contribution in [3.8, 4) is 0 Å². The van der Waals surface area contributed by atoms with Crippen LogP contribution < -0.4 is 21.9 Å². The van der Waals surface area contributed by atoms with Gasteiger partial charge in [-0.3, -0.25) is 28.9 Å². The summed E-state index contributed by atoms with van der Waals surface area (Å²) in [5, 5.41) is 11.2. The molecule has 248 valence electrons. The number of nitro groups is 1. The first-order chi connectivity index (χ1) is 22.2. The van der Waals surface area contributed by atoms with Crippen molar-refractivity contribution >= 4 is 11.4 Å². The monoisotopic (exact) mass is 654 g/mol.